The Bertz CT molecular complexity index is 704. The van der Waals surface area contributed by atoms with E-state index >= 15 is 0 Å². The summed E-state index contributed by atoms with van der Waals surface area (Å²) < 4.78 is 39.8. The number of hydrogen-bond acceptors (Lipinski definition) is 4. The Hall–Kier alpha value is -1.64. The molecule has 30 heavy (non-hydrogen) atoms. The van der Waals surface area contributed by atoms with Crippen LogP contribution in [0.2, 0.25) is 0 Å². The maximum Gasteiger partial charge on any atom is 0.416 e. The van der Waals surface area contributed by atoms with E-state index in [1.165, 1.54) is 12.1 Å². The van der Waals surface area contributed by atoms with Gasteiger partial charge in [-0.1, -0.05) is 25.1 Å². The molecule has 2 fully saturated rings. The minimum absolute atomic E-state index is 0.00835. The molecule has 0 saturated carbocycles. The second-order valence-corrected chi connectivity index (χ2v) is 8.37. The van der Waals surface area contributed by atoms with Gasteiger partial charge in [0.15, 0.2) is 0 Å². The van der Waals surface area contributed by atoms with Crippen molar-refractivity contribution in [3.05, 3.63) is 35.4 Å². The Morgan fingerprint density at radius 1 is 1.20 bits per heavy atom. The summed E-state index contributed by atoms with van der Waals surface area (Å²) in [7, 11) is 1.64. The van der Waals surface area contributed by atoms with Gasteiger partial charge in [0, 0.05) is 32.2 Å². The van der Waals surface area contributed by atoms with E-state index in [1.54, 1.807) is 13.1 Å². The number of alkyl halides is 3. The average Bonchev–Trinajstić information content (AvgIpc) is 3.16. The van der Waals surface area contributed by atoms with Gasteiger partial charge in [0.1, 0.15) is 0 Å². The number of nitrogens with one attached hydrogen (secondary N) is 2. The maximum absolute atomic E-state index is 13.3. The fourth-order valence-electron chi connectivity index (χ4n) is 4.83. The number of carbonyl (C=O) groups excluding carboxylic acids is 1. The lowest BCUT2D eigenvalue weighted by atomic mass is 10.0. The lowest BCUT2D eigenvalue weighted by Gasteiger charge is -2.38. The molecule has 0 aliphatic carbocycles. The van der Waals surface area contributed by atoms with E-state index in [4.69, 9.17) is 0 Å². The predicted molar refractivity (Wildman–Crippen MR) is 111 cm³/mol. The van der Waals surface area contributed by atoms with Crippen molar-refractivity contribution in [3.63, 3.8) is 0 Å². The minimum Gasteiger partial charge on any atom is -0.358 e. The van der Waals surface area contributed by atoms with Crippen molar-refractivity contribution < 1.29 is 18.0 Å². The standard InChI is InChI=1S/C22H33F3N4O/c1-3-10-28-11-8-18(9-12-28)29-15-17(13-20(29)21(30)26-2)27-14-16-6-4-5-7-19(16)22(23,24)25/h4-7,17-18,20,27H,3,8-15H2,1-2H3,(H,26,30)/t17-,20+/m1/s1. The molecule has 1 aromatic carbocycles. The Balaban J connectivity index is 1.63. The molecule has 2 heterocycles. The summed E-state index contributed by atoms with van der Waals surface area (Å²) in [6, 6.07) is 5.78. The van der Waals surface area contributed by atoms with Crippen LogP contribution in [0, 0.1) is 0 Å². The molecule has 0 radical (unpaired) electrons. The molecule has 5 nitrogen and oxygen atoms in total. The quantitative estimate of drug-likeness (QED) is 0.704. The molecule has 2 saturated heterocycles. The first kappa shape index (κ1) is 23.0. The first-order valence-corrected chi connectivity index (χ1v) is 10.9. The van der Waals surface area contributed by atoms with Crippen molar-refractivity contribution in [3.8, 4) is 0 Å². The molecule has 168 valence electrons. The second-order valence-electron chi connectivity index (χ2n) is 8.37. The monoisotopic (exact) mass is 426 g/mol. The predicted octanol–water partition coefficient (Wildman–Crippen LogP) is 2.86. The molecule has 2 aliphatic heterocycles. The van der Waals surface area contributed by atoms with Crippen molar-refractivity contribution in [2.45, 2.75) is 63.5 Å². The highest BCUT2D eigenvalue weighted by Gasteiger charge is 2.41. The van der Waals surface area contributed by atoms with Crippen LogP contribution in [0.5, 0.6) is 0 Å². The molecule has 0 aromatic heterocycles. The van der Waals surface area contributed by atoms with Crippen molar-refractivity contribution in [2.75, 3.05) is 33.2 Å². The molecule has 2 N–H and O–H groups in total. The zero-order valence-corrected chi connectivity index (χ0v) is 17.8. The van der Waals surface area contributed by atoms with Gasteiger partial charge < -0.3 is 15.5 Å². The lowest BCUT2D eigenvalue weighted by molar-refractivity contribution is -0.138. The third kappa shape index (κ3) is 5.53. The van der Waals surface area contributed by atoms with Gasteiger partial charge in [0.2, 0.25) is 5.91 Å². The summed E-state index contributed by atoms with van der Waals surface area (Å²) in [5.41, 5.74) is -0.355. The van der Waals surface area contributed by atoms with Gasteiger partial charge in [-0.15, -0.1) is 0 Å². The number of likely N-dealkylation sites (N-methyl/N-ethyl adjacent to an activating group) is 1. The summed E-state index contributed by atoms with van der Waals surface area (Å²) in [5, 5.41) is 6.05. The van der Waals surface area contributed by atoms with Gasteiger partial charge in [-0.25, -0.2) is 0 Å². The Labute approximate surface area is 177 Å². The van der Waals surface area contributed by atoms with Gasteiger partial charge in [-0.2, -0.15) is 13.2 Å². The van der Waals surface area contributed by atoms with Gasteiger partial charge >= 0.3 is 6.18 Å². The Kier molecular flexibility index (Phi) is 7.76. The van der Waals surface area contributed by atoms with E-state index in [1.807, 2.05) is 0 Å². The molecule has 0 spiro atoms. The smallest absolute Gasteiger partial charge is 0.358 e. The molecule has 3 rings (SSSR count). The Morgan fingerprint density at radius 3 is 2.53 bits per heavy atom. The van der Waals surface area contributed by atoms with E-state index in [0.29, 0.717) is 19.0 Å². The van der Waals surface area contributed by atoms with Crippen LogP contribution in [0.3, 0.4) is 0 Å². The minimum atomic E-state index is -4.36. The van der Waals surface area contributed by atoms with Crippen LogP contribution in [0.15, 0.2) is 24.3 Å². The van der Waals surface area contributed by atoms with Crippen molar-refractivity contribution in [1.29, 1.82) is 0 Å². The summed E-state index contributed by atoms with van der Waals surface area (Å²) in [6.45, 7) is 6.18. The third-order valence-electron chi connectivity index (χ3n) is 6.36. The highest BCUT2D eigenvalue weighted by molar-refractivity contribution is 5.82. The molecule has 1 aromatic rings. The van der Waals surface area contributed by atoms with Crippen LogP contribution < -0.4 is 10.6 Å². The number of likely N-dealkylation sites (tertiary alicyclic amines) is 2. The topological polar surface area (TPSA) is 47.6 Å². The zero-order valence-electron chi connectivity index (χ0n) is 17.8. The highest BCUT2D eigenvalue weighted by atomic mass is 19.4. The van der Waals surface area contributed by atoms with Crippen LogP contribution >= 0.6 is 0 Å². The summed E-state index contributed by atoms with van der Waals surface area (Å²) in [5.74, 6) is -0.00835. The number of carbonyl (C=O) groups is 1. The largest absolute Gasteiger partial charge is 0.416 e. The molecule has 0 unspecified atom stereocenters. The average molecular weight is 427 g/mol. The fraction of sp³-hybridized carbons (Fsp3) is 0.682. The second kappa shape index (κ2) is 10.1. The number of hydrogen-bond donors (Lipinski definition) is 2. The Morgan fingerprint density at radius 2 is 1.90 bits per heavy atom. The van der Waals surface area contributed by atoms with Gasteiger partial charge in [-0.05, 0) is 56.9 Å². The lowest BCUT2D eigenvalue weighted by Crippen LogP contribution is -2.51. The fourth-order valence-corrected chi connectivity index (χ4v) is 4.83. The van der Waals surface area contributed by atoms with Gasteiger partial charge in [0.05, 0.1) is 11.6 Å². The summed E-state index contributed by atoms with van der Waals surface area (Å²) in [4.78, 5) is 17.2. The van der Waals surface area contributed by atoms with E-state index in [0.717, 1.165) is 45.0 Å². The van der Waals surface area contributed by atoms with Crippen molar-refractivity contribution in [2.24, 2.45) is 0 Å². The molecular weight excluding hydrogens is 393 g/mol. The SMILES string of the molecule is CCCN1CCC(N2C[C@H](NCc3ccccc3C(F)(F)F)C[C@H]2C(=O)NC)CC1. The van der Waals surface area contributed by atoms with Gasteiger partial charge in [-0.3, -0.25) is 9.69 Å². The normalized spacial score (nSPS) is 24.3. The number of nitrogens with zero attached hydrogens (tertiary/aromatic N) is 2. The summed E-state index contributed by atoms with van der Waals surface area (Å²) in [6.07, 6.45) is -0.561. The summed E-state index contributed by atoms with van der Waals surface area (Å²) >= 11 is 0. The zero-order chi connectivity index (χ0) is 21.7. The number of piperidine rings is 1. The van der Waals surface area contributed by atoms with Crippen LogP contribution in [0.4, 0.5) is 13.2 Å². The number of rotatable bonds is 7. The van der Waals surface area contributed by atoms with Crippen LogP contribution in [-0.2, 0) is 17.5 Å². The van der Waals surface area contributed by atoms with Gasteiger partial charge in [0.25, 0.3) is 0 Å². The molecule has 2 atom stereocenters. The van der Waals surface area contributed by atoms with E-state index in [2.05, 4.69) is 27.4 Å². The van der Waals surface area contributed by atoms with E-state index in [-0.39, 0.29) is 30.1 Å². The molecule has 0 bridgehead atoms. The van der Waals surface area contributed by atoms with Crippen molar-refractivity contribution >= 4 is 5.91 Å². The third-order valence-corrected chi connectivity index (χ3v) is 6.36. The molecule has 2 aliphatic rings. The maximum atomic E-state index is 13.3. The number of amides is 1. The van der Waals surface area contributed by atoms with Crippen molar-refractivity contribution in [1.82, 2.24) is 20.4 Å². The first-order chi connectivity index (χ1) is 14.3. The molecule has 1 amide bonds. The first-order valence-electron chi connectivity index (χ1n) is 10.9. The van der Waals surface area contributed by atoms with E-state index in [9.17, 15) is 18.0 Å². The van der Waals surface area contributed by atoms with Crippen LogP contribution in [0.1, 0.15) is 43.7 Å². The highest BCUT2D eigenvalue weighted by Crippen LogP contribution is 2.32. The number of benzene rings is 1. The van der Waals surface area contributed by atoms with Crippen LogP contribution in [0.25, 0.3) is 0 Å². The molecular formula is C22H33F3N4O. The van der Waals surface area contributed by atoms with Crippen LogP contribution in [-0.4, -0.2) is 67.1 Å². The van der Waals surface area contributed by atoms with E-state index < -0.39 is 11.7 Å². The number of halogens is 3. The molecule has 8 heteroatoms.